The number of carbonyl (C=O) groups is 2. The van der Waals surface area contributed by atoms with Crippen LogP contribution in [0, 0.1) is 0 Å². The van der Waals surface area contributed by atoms with Crippen molar-refractivity contribution in [2.45, 2.75) is 77.2 Å². The molecule has 0 aromatic carbocycles. The van der Waals surface area contributed by atoms with Crippen molar-refractivity contribution in [3.05, 3.63) is 0 Å². The number of ether oxygens (including phenoxy) is 6. The molecule has 8 nitrogen and oxygen atoms in total. The van der Waals surface area contributed by atoms with Crippen LogP contribution in [0.25, 0.3) is 0 Å². The molecule has 25 heavy (non-hydrogen) atoms. The van der Waals surface area contributed by atoms with Gasteiger partial charge in [-0.3, -0.25) is 9.59 Å². The standard InChI is InChI=1S/C17H28O8/c1-12-9-22-16(3,24-12)7-5-14(18)20-11-21-15(19)6-8-17(4)23-10-13(2)25-17/h12-13H,5-11H2,1-4H3. The topological polar surface area (TPSA) is 89.5 Å². The summed E-state index contributed by atoms with van der Waals surface area (Å²) >= 11 is 0. The Balaban J connectivity index is 1.55. The predicted octanol–water partition coefficient (Wildman–Crippen LogP) is 1.89. The van der Waals surface area contributed by atoms with E-state index in [4.69, 9.17) is 28.4 Å². The van der Waals surface area contributed by atoms with Gasteiger partial charge in [0.2, 0.25) is 6.79 Å². The van der Waals surface area contributed by atoms with Crippen LogP contribution >= 0.6 is 0 Å². The van der Waals surface area contributed by atoms with Crippen molar-refractivity contribution in [2.24, 2.45) is 0 Å². The zero-order valence-corrected chi connectivity index (χ0v) is 15.4. The number of hydrogen-bond donors (Lipinski definition) is 0. The Kier molecular flexibility index (Phi) is 6.79. The Morgan fingerprint density at radius 1 is 0.880 bits per heavy atom. The van der Waals surface area contributed by atoms with Gasteiger partial charge in [-0.1, -0.05) is 0 Å². The van der Waals surface area contributed by atoms with Gasteiger partial charge in [0.1, 0.15) is 0 Å². The van der Waals surface area contributed by atoms with Gasteiger partial charge in [-0.2, -0.15) is 0 Å². The van der Waals surface area contributed by atoms with Crippen LogP contribution in [0.15, 0.2) is 0 Å². The molecular formula is C17H28O8. The molecule has 0 aliphatic carbocycles. The Morgan fingerprint density at radius 3 is 1.60 bits per heavy atom. The van der Waals surface area contributed by atoms with Crippen LogP contribution in [-0.2, 0) is 38.0 Å². The summed E-state index contributed by atoms with van der Waals surface area (Å²) < 4.78 is 32.0. The molecule has 2 saturated heterocycles. The lowest BCUT2D eigenvalue weighted by molar-refractivity contribution is -0.180. The molecule has 2 heterocycles. The SMILES string of the molecule is CC1COC(C)(CCC(=O)OCOC(=O)CCC2(C)OCC(C)O2)O1. The largest absolute Gasteiger partial charge is 0.428 e. The lowest BCUT2D eigenvalue weighted by atomic mass is 10.2. The van der Waals surface area contributed by atoms with Gasteiger partial charge in [0.05, 0.1) is 38.3 Å². The average Bonchev–Trinajstić information content (AvgIpc) is 3.06. The van der Waals surface area contributed by atoms with E-state index in [2.05, 4.69) is 0 Å². The molecule has 8 heteroatoms. The number of carbonyl (C=O) groups excluding carboxylic acids is 2. The van der Waals surface area contributed by atoms with Gasteiger partial charge < -0.3 is 28.4 Å². The Hall–Kier alpha value is -1.22. The van der Waals surface area contributed by atoms with E-state index in [1.54, 1.807) is 13.8 Å². The van der Waals surface area contributed by atoms with E-state index < -0.39 is 30.3 Å². The van der Waals surface area contributed by atoms with Crippen LogP contribution in [0.3, 0.4) is 0 Å². The predicted molar refractivity (Wildman–Crippen MR) is 85.3 cm³/mol. The van der Waals surface area contributed by atoms with Gasteiger partial charge in [0, 0.05) is 12.8 Å². The number of esters is 2. The third-order valence-electron chi connectivity index (χ3n) is 4.15. The van der Waals surface area contributed by atoms with Crippen molar-refractivity contribution in [1.29, 1.82) is 0 Å². The van der Waals surface area contributed by atoms with Crippen LogP contribution in [-0.4, -0.2) is 55.7 Å². The first kappa shape index (κ1) is 20.1. The summed E-state index contributed by atoms with van der Waals surface area (Å²) in [4.78, 5) is 23.4. The fourth-order valence-corrected chi connectivity index (χ4v) is 2.80. The van der Waals surface area contributed by atoms with E-state index in [0.717, 1.165) is 0 Å². The van der Waals surface area contributed by atoms with E-state index in [-0.39, 0.29) is 25.0 Å². The second kappa shape index (κ2) is 8.44. The third kappa shape index (κ3) is 6.54. The lowest BCUT2D eigenvalue weighted by Gasteiger charge is -2.22. The van der Waals surface area contributed by atoms with Crippen LogP contribution in [0.2, 0.25) is 0 Å². The van der Waals surface area contributed by atoms with Crippen molar-refractivity contribution in [2.75, 3.05) is 20.0 Å². The molecule has 0 bridgehead atoms. The smallest absolute Gasteiger partial charge is 0.308 e. The Morgan fingerprint density at radius 2 is 1.28 bits per heavy atom. The van der Waals surface area contributed by atoms with Crippen molar-refractivity contribution in [3.8, 4) is 0 Å². The fraction of sp³-hybridized carbons (Fsp3) is 0.882. The highest BCUT2D eigenvalue weighted by Crippen LogP contribution is 2.28. The first-order valence-electron chi connectivity index (χ1n) is 8.64. The van der Waals surface area contributed by atoms with Crippen LogP contribution in [0.1, 0.15) is 53.4 Å². The molecular weight excluding hydrogens is 332 g/mol. The van der Waals surface area contributed by atoms with E-state index in [0.29, 0.717) is 26.1 Å². The molecule has 2 aliphatic heterocycles. The second-order valence-corrected chi connectivity index (χ2v) is 6.90. The van der Waals surface area contributed by atoms with Crippen molar-refractivity contribution in [1.82, 2.24) is 0 Å². The van der Waals surface area contributed by atoms with Crippen LogP contribution < -0.4 is 0 Å². The molecule has 4 atom stereocenters. The minimum Gasteiger partial charge on any atom is -0.428 e. The highest BCUT2D eigenvalue weighted by atomic mass is 16.7. The summed E-state index contributed by atoms with van der Waals surface area (Å²) in [5, 5.41) is 0. The minimum atomic E-state index is -0.761. The van der Waals surface area contributed by atoms with E-state index in [1.807, 2.05) is 13.8 Å². The minimum absolute atomic E-state index is 0.0136. The normalized spacial score (nSPS) is 34.9. The number of rotatable bonds is 8. The van der Waals surface area contributed by atoms with Gasteiger partial charge in [0.25, 0.3) is 0 Å². The lowest BCUT2D eigenvalue weighted by Crippen LogP contribution is -2.28. The van der Waals surface area contributed by atoms with Crippen LogP contribution in [0.5, 0.6) is 0 Å². The maximum Gasteiger partial charge on any atom is 0.308 e. The molecule has 0 amide bonds. The van der Waals surface area contributed by atoms with Gasteiger partial charge in [-0.25, -0.2) is 0 Å². The highest BCUT2D eigenvalue weighted by Gasteiger charge is 2.36. The fourth-order valence-electron chi connectivity index (χ4n) is 2.80. The maximum atomic E-state index is 11.7. The summed E-state index contributed by atoms with van der Waals surface area (Å²) in [7, 11) is 0. The zero-order chi connectivity index (χ0) is 18.5. The Labute approximate surface area is 148 Å². The molecule has 144 valence electrons. The molecule has 0 radical (unpaired) electrons. The second-order valence-electron chi connectivity index (χ2n) is 6.90. The van der Waals surface area contributed by atoms with E-state index >= 15 is 0 Å². The van der Waals surface area contributed by atoms with Crippen molar-refractivity contribution < 1.29 is 38.0 Å². The third-order valence-corrected chi connectivity index (χ3v) is 4.15. The van der Waals surface area contributed by atoms with Crippen molar-refractivity contribution in [3.63, 3.8) is 0 Å². The van der Waals surface area contributed by atoms with Gasteiger partial charge in [-0.05, 0) is 27.7 Å². The molecule has 0 spiro atoms. The first-order chi connectivity index (χ1) is 11.7. The quantitative estimate of drug-likeness (QED) is 0.479. The molecule has 0 aromatic heterocycles. The summed E-state index contributed by atoms with van der Waals surface area (Å²) in [6.07, 6.45) is 1.04. The average molecular weight is 360 g/mol. The maximum absolute atomic E-state index is 11.7. The molecule has 0 N–H and O–H groups in total. The summed E-state index contributed by atoms with van der Waals surface area (Å²) in [6, 6.07) is 0. The molecule has 0 aromatic rings. The molecule has 4 unspecified atom stereocenters. The summed E-state index contributed by atoms with van der Waals surface area (Å²) in [5.41, 5.74) is 0. The van der Waals surface area contributed by atoms with Gasteiger partial charge in [0.15, 0.2) is 11.6 Å². The highest BCUT2D eigenvalue weighted by molar-refractivity contribution is 5.71. The number of hydrogen-bond acceptors (Lipinski definition) is 8. The Bertz CT molecular complexity index is 439. The van der Waals surface area contributed by atoms with Crippen LogP contribution in [0.4, 0.5) is 0 Å². The monoisotopic (exact) mass is 360 g/mol. The molecule has 2 rings (SSSR count). The molecule has 2 aliphatic rings. The molecule has 0 saturated carbocycles. The van der Waals surface area contributed by atoms with Crippen molar-refractivity contribution >= 4 is 11.9 Å². The zero-order valence-electron chi connectivity index (χ0n) is 15.4. The first-order valence-corrected chi connectivity index (χ1v) is 8.64. The summed E-state index contributed by atoms with van der Waals surface area (Å²) in [6.45, 7) is 8.01. The van der Waals surface area contributed by atoms with E-state index in [1.165, 1.54) is 0 Å². The summed E-state index contributed by atoms with van der Waals surface area (Å²) in [5.74, 6) is -2.46. The molecule has 2 fully saturated rings. The van der Waals surface area contributed by atoms with E-state index in [9.17, 15) is 9.59 Å². The van der Waals surface area contributed by atoms with Gasteiger partial charge in [-0.15, -0.1) is 0 Å². The van der Waals surface area contributed by atoms with Gasteiger partial charge >= 0.3 is 11.9 Å².